The van der Waals surface area contributed by atoms with Gasteiger partial charge in [-0.2, -0.15) is 0 Å². The summed E-state index contributed by atoms with van der Waals surface area (Å²) >= 11 is 0. The number of carbonyl (C=O) groups excluding carboxylic acids is 1. The summed E-state index contributed by atoms with van der Waals surface area (Å²) in [6.07, 6.45) is 6.29. The topological polar surface area (TPSA) is 138 Å². The van der Waals surface area contributed by atoms with E-state index in [9.17, 15) is 9.90 Å². The maximum absolute atomic E-state index is 11.0. The van der Waals surface area contributed by atoms with Gasteiger partial charge in [-0.3, -0.25) is 5.41 Å². The van der Waals surface area contributed by atoms with E-state index in [4.69, 9.17) is 24.6 Å². The first-order valence-corrected chi connectivity index (χ1v) is 13.0. The number of nitrogens with one attached hydrogen (secondary N) is 2. The van der Waals surface area contributed by atoms with Crippen molar-refractivity contribution < 1.29 is 53.7 Å². The fourth-order valence-electron chi connectivity index (χ4n) is 4.75. The first-order valence-electron chi connectivity index (χ1n) is 13.0. The minimum absolute atomic E-state index is 0. The molecule has 2 aromatic heterocycles. The maximum Gasteiger partial charge on any atom is 1.00 e. The molecule has 1 aliphatic rings. The second kappa shape index (κ2) is 12.6. The predicted molar refractivity (Wildman–Crippen MR) is 141 cm³/mol. The molecule has 0 amide bonds. The number of carboxylic acids is 1. The van der Waals surface area contributed by atoms with Gasteiger partial charge in [0.25, 0.3) is 0 Å². The average Bonchev–Trinajstić information content (AvgIpc) is 3.61. The van der Waals surface area contributed by atoms with Crippen molar-refractivity contribution in [2.75, 3.05) is 7.11 Å². The number of hydrogen-bond donors (Lipinski definition) is 2. The third-order valence-corrected chi connectivity index (χ3v) is 7.06. The van der Waals surface area contributed by atoms with Gasteiger partial charge >= 0.3 is 29.6 Å². The molecular weight excluding hydrogens is 521 g/mol. The number of rotatable bonds is 10. The van der Waals surface area contributed by atoms with Crippen LogP contribution in [0, 0.1) is 5.41 Å². The standard InChI is InChI=1S/C29H33N5O5.Na/c1-29(2,38-16-18-8-11-20(12-9-18)27(35)36)28-32-24-25(30)31-17-34(26(24)33-28)15-19-10-13-22(37-3)23(14-19)39-21-6-4-5-7-21;/h8-14,17,21,30H,4-7,15-16H2,1-3H3,(H,32,33)(H,35,36);/q;+1/p-1. The number of carboxylic acid groups (broad SMARTS) is 1. The van der Waals surface area contributed by atoms with Gasteiger partial charge in [0.15, 0.2) is 22.6 Å². The van der Waals surface area contributed by atoms with Gasteiger partial charge in [-0.15, -0.1) is 0 Å². The first-order chi connectivity index (χ1) is 18.7. The number of methoxy groups -OCH3 is 1. The second-order valence-electron chi connectivity index (χ2n) is 10.3. The quantitative estimate of drug-likeness (QED) is 0.272. The molecule has 0 aliphatic heterocycles. The van der Waals surface area contributed by atoms with Crippen LogP contribution in [0.4, 0.5) is 0 Å². The molecule has 1 fully saturated rings. The van der Waals surface area contributed by atoms with Crippen molar-refractivity contribution in [2.45, 2.75) is 64.4 Å². The molecule has 0 radical (unpaired) electrons. The fraction of sp³-hybridized carbons (Fsp3) is 0.379. The number of H-pyrrole nitrogens is 1. The van der Waals surface area contributed by atoms with Crippen LogP contribution in [-0.4, -0.2) is 38.7 Å². The van der Waals surface area contributed by atoms with Crippen LogP contribution in [0.1, 0.15) is 66.8 Å². The van der Waals surface area contributed by atoms with E-state index in [0.29, 0.717) is 29.3 Å². The Morgan fingerprint density at radius 1 is 1.12 bits per heavy atom. The van der Waals surface area contributed by atoms with Gasteiger partial charge in [-0.05, 0) is 68.4 Å². The van der Waals surface area contributed by atoms with Crippen LogP contribution in [0.3, 0.4) is 0 Å². The monoisotopic (exact) mass is 553 g/mol. The zero-order chi connectivity index (χ0) is 27.6. The molecule has 204 valence electrons. The number of nitrogens with zero attached hydrogens (tertiary/aromatic N) is 3. The second-order valence-corrected chi connectivity index (χ2v) is 10.3. The zero-order valence-corrected chi connectivity index (χ0v) is 25.3. The fourth-order valence-corrected chi connectivity index (χ4v) is 4.75. The summed E-state index contributed by atoms with van der Waals surface area (Å²) in [6, 6.07) is 12.3. The van der Waals surface area contributed by atoms with Crippen molar-refractivity contribution in [1.29, 1.82) is 5.41 Å². The van der Waals surface area contributed by atoms with Gasteiger partial charge in [-0.25, -0.2) is 9.97 Å². The number of fused-ring (bicyclic) bond motifs is 1. The maximum atomic E-state index is 11.0. The summed E-state index contributed by atoms with van der Waals surface area (Å²) in [5.41, 5.74) is 2.30. The molecule has 0 bridgehead atoms. The van der Waals surface area contributed by atoms with Crippen LogP contribution in [0.5, 0.6) is 11.5 Å². The van der Waals surface area contributed by atoms with Gasteiger partial charge < -0.3 is 33.7 Å². The number of imidazole rings is 1. The van der Waals surface area contributed by atoms with Crippen molar-refractivity contribution in [1.82, 2.24) is 19.5 Å². The molecule has 0 spiro atoms. The van der Waals surface area contributed by atoms with E-state index in [2.05, 4.69) is 9.97 Å². The summed E-state index contributed by atoms with van der Waals surface area (Å²) in [6.45, 7) is 4.50. The summed E-state index contributed by atoms with van der Waals surface area (Å²) in [4.78, 5) is 23.3. The molecular formula is C29H32N5NaO5. The molecule has 5 rings (SSSR count). The van der Waals surface area contributed by atoms with Crippen LogP contribution in [0.15, 0.2) is 48.8 Å². The predicted octanol–water partition coefficient (Wildman–Crippen LogP) is 0.437. The molecule has 40 heavy (non-hydrogen) atoms. The van der Waals surface area contributed by atoms with Crippen molar-refractivity contribution in [3.8, 4) is 11.5 Å². The van der Waals surface area contributed by atoms with Crippen molar-refractivity contribution in [2.24, 2.45) is 0 Å². The zero-order valence-electron chi connectivity index (χ0n) is 23.3. The Balaban J connectivity index is 0.00000370. The average molecular weight is 554 g/mol. The Morgan fingerprint density at radius 2 is 1.82 bits per heavy atom. The number of aromatic nitrogens is 4. The van der Waals surface area contributed by atoms with Gasteiger partial charge in [0.2, 0.25) is 0 Å². The molecule has 2 aromatic carbocycles. The first kappa shape index (κ1) is 29.8. The number of aromatic carboxylic acids is 1. The SMILES string of the molecule is COc1ccc(Cn2cnc(=N)c3[nH]c(C(C)(C)OCc4ccc(C(=O)[O-])cc4)nc32)cc1OC1CCCC1.[Na+]. The summed E-state index contributed by atoms with van der Waals surface area (Å²) in [7, 11) is 1.64. The number of benzene rings is 2. The Kier molecular flexibility index (Phi) is 9.35. The Hall–Kier alpha value is -3.18. The van der Waals surface area contributed by atoms with Gasteiger partial charge in [0.1, 0.15) is 16.9 Å². The summed E-state index contributed by atoms with van der Waals surface area (Å²) in [5, 5.41) is 19.3. The number of carbonyl (C=O) groups is 1. The molecule has 0 unspecified atom stereocenters. The van der Waals surface area contributed by atoms with Crippen LogP contribution in [0.2, 0.25) is 0 Å². The van der Waals surface area contributed by atoms with Crippen molar-refractivity contribution in [3.05, 3.63) is 76.8 Å². The van der Waals surface area contributed by atoms with Gasteiger partial charge in [-0.1, -0.05) is 30.3 Å². The molecule has 2 N–H and O–H groups in total. The van der Waals surface area contributed by atoms with E-state index in [1.165, 1.54) is 25.0 Å². The molecule has 2 heterocycles. The molecule has 11 heteroatoms. The molecule has 1 saturated carbocycles. The van der Waals surface area contributed by atoms with E-state index in [1.807, 2.05) is 36.6 Å². The van der Waals surface area contributed by atoms with E-state index in [-0.39, 0.29) is 53.3 Å². The molecule has 4 aromatic rings. The molecule has 10 nitrogen and oxygen atoms in total. The van der Waals surface area contributed by atoms with Crippen LogP contribution >= 0.6 is 0 Å². The van der Waals surface area contributed by atoms with Crippen LogP contribution in [-0.2, 0) is 23.5 Å². The number of hydrogen-bond acceptors (Lipinski definition) is 8. The van der Waals surface area contributed by atoms with E-state index in [1.54, 1.807) is 25.6 Å². The Labute approximate surface area is 254 Å². The molecule has 0 saturated heterocycles. The third kappa shape index (κ3) is 6.58. The summed E-state index contributed by atoms with van der Waals surface area (Å²) < 4.78 is 19.8. The summed E-state index contributed by atoms with van der Waals surface area (Å²) in [5.74, 6) is 0.772. The third-order valence-electron chi connectivity index (χ3n) is 7.06. The van der Waals surface area contributed by atoms with Gasteiger partial charge in [0.05, 0.1) is 38.7 Å². The van der Waals surface area contributed by atoms with E-state index >= 15 is 0 Å². The minimum Gasteiger partial charge on any atom is -0.545 e. The minimum atomic E-state index is -1.22. The van der Waals surface area contributed by atoms with E-state index in [0.717, 1.165) is 29.7 Å². The number of ether oxygens (including phenoxy) is 3. The molecule has 0 atom stereocenters. The Bertz CT molecular complexity index is 1540. The molecule has 1 aliphatic carbocycles. The van der Waals surface area contributed by atoms with E-state index < -0.39 is 11.6 Å². The number of aromatic amines is 1. The van der Waals surface area contributed by atoms with Crippen molar-refractivity contribution >= 4 is 17.1 Å². The van der Waals surface area contributed by atoms with Crippen molar-refractivity contribution in [3.63, 3.8) is 0 Å². The van der Waals surface area contributed by atoms with Gasteiger partial charge in [0, 0.05) is 0 Å². The Morgan fingerprint density at radius 3 is 2.50 bits per heavy atom. The van der Waals surface area contributed by atoms with Crippen LogP contribution < -0.4 is 49.6 Å². The normalized spacial score (nSPS) is 13.8. The largest absolute Gasteiger partial charge is 1.00 e. The van der Waals surface area contributed by atoms with Crippen LogP contribution in [0.25, 0.3) is 11.2 Å². The smallest absolute Gasteiger partial charge is 0.545 e.